The standard InChI is InChI=1S/C24H20F2N4O3S/c1-3-9-34(32,33)30-22-20(25)8-7-17(21(22)26)23(31)19-13-29-24-18(19)10-15(12-28-24)14-5-6-16(4-2)27-11-14/h4-8,10-13,30H,2-3,9H2,1H3,(H,28,29). The quantitative estimate of drug-likeness (QED) is 0.347. The summed E-state index contributed by atoms with van der Waals surface area (Å²) in [6.07, 6.45) is 6.50. The maximum atomic E-state index is 15.1. The number of sulfonamides is 1. The Labute approximate surface area is 194 Å². The number of nitrogens with one attached hydrogen (secondary N) is 2. The lowest BCUT2D eigenvalue weighted by molar-refractivity contribution is 0.103. The molecule has 3 heterocycles. The van der Waals surface area contributed by atoms with Gasteiger partial charge in [-0.2, -0.15) is 0 Å². The summed E-state index contributed by atoms with van der Waals surface area (Å²) >= 11 is 0. The van der Waals surface area contributed by atoms with Gasteiger partial charge in [0.2, 0.25) is 10.0 Å². The number of aromatic amines is 1. The van der Waals surface area contributed by atoms with Gasteiger partial charge in [0, 0.05) is 40.7 Å². The number of rotatable bonds is 8. The highest BCUT2D eigenvalue weighted by atomic mass is 32.2. The van der Waals surface area contributed by atoms with Crippen LogP contribution in [0.1, 0.15) is 35.0 Å². The molecule has 0 spiro atoms. The van der Waals surface area contributed by atoms with E-state index in [1.165, 1.54) is 6.20 Å². The normalized spacial score (nSPS) is 11.5. The van der Waals surface area contributed by atoms with Crippen molar-refractivity contribution in [2.45, 2.75) is 13.3 Å². The van der Waals surface area contributed by atoms with Crippen molar-refractivity contribution in [3.8, 4) is 11.1 Å². The molecule has 0 saturated heterocycles. The van der Waals surface area contributed by atoms with Gasteiger partial charge in [0.1, 0.15) is 17.2 Å². The van der Waals surface area contributed by atoms with Gasteiger partial charge in [-0.05, 0) is 36.8 Å². The van der Waals surface area contributed by atoms with E-state index in [2.05, 4.69) is 21.5 Å². The molecule has 0 saturated carbocycles. The molecule has 174 valence electrons. The van der Waals surface area contributed by atoms with Gasteiger partial charge in [-0.1, -0.05) is 19.6 Å². The molecule has 0 unspecified atom stereocenters. The molecule has 0 aliphatic rings. The number of hydrogen-bond donors (Lipinski definition) is 2. The van der Waals surface area contributed by atoms with Crippen molar-refractivity contribution in [1.82, 2.24) is 15.0 Å². The number of hydrogen-bond acceptors (Lipinski definition) is 5. The van der Waals surface area contributed by atoms with E-state index in [0.717, 1.165) is 17.7 Å². The molecule has 0 bridgehead atoms. The van der Waals surface area contributed by atoms with E-state index < -0.39 is 38.7 Å². The summed E-state index contributed by atoms with van der Waals surface area (Å²) in [5.74, 6) is -3.47. The first kappa shape index (κ1) is 23.2. The predicted octanol–water partition coefficient (Wildman–Crippen LogP) is 4.93. The molecule has 1 aromatic carbocycles. The first-order valence-corrected chi connectivity index (χ1v) is 12.0. The molecule has 2 N–H and O–H groups in total. The lowest BCUT2D eigenvalue weighted by Gasteiger charge is -2.11. The number of carbonyl (C=O) groups is 1. The Morgan fingerprint density at radius 1 is 1.12 bits per heavy atom. The van der Waals surface area contributed by atoms with Crippen LogP contribution in [0.4, 0.5) is 14.5 Å². The van der Waals surface area contributed by atoms with Crippen molar-refractivity contribution in [2.75, 3.05) is 10.5 Å². The summed E-state index contributed by atoms with van der Waals surface area (Å²) in [4.78, 5) is 24.7. The Balaban J connectivity index is 1.76. The van der Waals surface area contributed by atoms with E-state index in [9.17, 15) is 17.6 Å². The SMILES string of the molecule is C=Cc1ccc(-c2cnc3[nH]cc(C(=O)c4ccc(F)c(NS(=O)(=O)CCC)c4F)c3c2)cn1. The Morgan fingerprint density at radius 3 is 2.56 bits per heavy atom. The third kappa shape index (κ3) is 4.44. The summed E-state index contributed by atoms with van der Waals surface area (Å²) in [6.45, 7) is 5.29. The number of H-pyrrole nitrogens is 1. The molecule has 0 amide bonds. The van der Waals surface area contributed by atoms with Crippen molar-refractivity contribution in [3.05, 3.63) is 84.0 Å². The van der Waals surface area contributed by atoms with Crippen LogP contribution >= 0.6 is 0 Å². The maximum Gasteiger partial charge on any atom is 0.232 e. The number of halogens is 2. The largest absolute Gasteiger partial charge is 0.345 e. The molecule has 0 aliphatic carbocycles. The number of benzene rings is 1. The Bertz CT molecular complexity index is 1510. The molecule has 3 aromatic heterocycles. The van der Waals surface area contributed by atoms with Gasteiger partial charge >= 0.3 is 0 Å². The first-order valence-electron chi connectivity index (χ1n) is 10.3. The molecule has 0 aliphatic heterocycles. The summed E-state index contributed by atoms with van der Waals surface area (Å²) in [5, 5.41) is 0.423. The monoisotopic (exact) mass is 482 g/mol. The number of carbonyl (C=O) groups excluding carboxylic acids is 1. The van der Waals surface area contributed by atoms with Crippen molar-refractivity contribution in [3.63, 3.8) is 0 Å². The molecule has 34 heavy (non-hydrogen) atoms. The van der Waals surface area contributed by atoms with Crippen molar-refractivity contribution in [2.24, 2.45) is 0 Å². The molecular weight excluding hydrogens is 462 g/mol. The number of anilines is 1. The zero-order valence-electron chi connectivity index (χ0n) is 18.1. The number of fused-ring (bicyclic) bond motifs is 1. The van der Waals surface area contributed by atoms with E-state index in [-0.39, 0.29) is 17.7 Å². The Hall–Kier alpha value is -3.92. The van der Waals surface area contributed by atoms with Crippen LogP contribution in [0, 0.1) is 11.6 Å². The summed E-state index contributed by atoms with van der Waals surface area (Å²) in [7, 11) is -3.97. The lowest BCUT2D eigenvalue weighted by Crippen LogP contribution is -2.19. The van der Waals surface area contributed by atoms with Crippen LogP contribution in [0.5, 0.6) is 0 Å². The molecular formula is C24H20F2N4O3S. The van der Waals surface area contributed by atoms with Crippen LogP contribution in [0.3, 0.4) is 0 Å². The van der Waals surface area contributed by atoms with Crippen molar-refractivity contribution in [1.29, 1.82) is 0 Å². The van der Waals surface area contributed by atoms with E-state index in [1.807, 2.05) is 10.8 Å². The fourth-order valence-electron chi connectivity index (χ4n) is 3.49. The number of nitrogens with zero attached hydrogens (tertiary/aromatic N) is 2. The third-order valence-electron chi connectivity index (χ3n) is 5.17. The van der Waals surface area contributed by atoms with Gasteiger partial charge in [-0.25, -0.2) is 22.2 Å². The molecule has 4 rings (SSSR count). The van der Waals surface area contributed by atoms with Gasteiger partial charge in [0.05, 0.1) is 17.0 Å². The van der Waals surface area contributed by atoms with E-state index in [1.54, 1.807) is 37.5 Å². The Kier molecular flexibility index (Phi) is 6.25. The van der Waals surface area contributed by atoms with Crippen LogP contribution in [0.15, 0.2) is 55.5 Å². The predicted molar refractivity (Wildman–Crippen MR) is 127 cm³/mol. The highest BCUT2D eigenvalue weighted by Crippen LogP contribution is 2.29. The zero-order chi connectivity index (χ0) is 24.5. The first-order chi connectivity index (χ1) is 16.2. The van der Waals surface area contributed by atoms with Crippen LogP contribution in [-0.2, 0) is 10.0 Å². The summed E-state index contributed by atoms with van der Waals surface area (Å²) in [5.41, 5.74) is 1.27. The third-order valence-corrected chi connectivity index (χ3v) is 6.63. The van der Waals surface area contributed by atoms with Crippen LogP contribution in [0.2, 0.25) is 0 Å². The molecule has 0 radical (unpaired) electrons. The van der Waals surface area contributed by atoms with E-state index >= 15 is 4.39 Å². The van der Waals surface area contributed by atoms with Gasteiger partial charge in [-0.3, -0.25) is 14.5 Å². The molecule has 4 aromatic rings. The van der Waals surface area contributed by atoms with E-state index in [0.29, 0.717) is 22.3 Å². The topological polar surface area (TPSA) is 105 Å². The van der Waals surface area contributed by atoms with Crippen LogP contribution in [-0.4, -0.2) is 34.9 Å². The Morgan fingerprint density at radius 2 is 1.88 bits per heavy atom. The second kappa shape index (κ2) is 9.14. The lowest BCUT2D eigenvalue weighted by atomic mass is 10.0. The van der Waals surface area contributed by atoms with Gasteiger partial charge in [0.25, 0.3) is 0 Å². The van der Waals surface area contributed by atoms with Crippen LogP contribution < -0.4 is 4.72 Å². The molecule has 10 heteroatoms. The van der Waals surface area contributed by atoms with E-state index in [4.69, 9.17) is 0 Å². The highest BCUT2D eigenvalue weighted by Gasteiger charge is 2.24. The number of ketones is 1. The van der Waals surface area contributed by atoms with Gasteiger partial charge in [0.15, 0.2) is 11.6 Å². The van der Waals surface area contributed by atoms with Gasteiger partial charge in [-0.15, -0.1) is 0 Å². The molecule has 7 nitrogen and oxygen atoms in total. The zero-order valence-corrected chi connectivity index (χ0v) is 18.9. The van der Waals surface area contributed by atoms with Crippen molar-refractivity contribution < 1.29 is 22.0 Å². The minimum absolute atomic E-state index is 0.105. The second-order valence-corrected chi connectivity index (χ2v) is 9.37. The average Bonchev–Trinajstić information content (AvgIpc) is 3.25. The minimum atomic E-state index is -3.97. The van der Waals surface area contributed by atoms with Crippen LogP contribution in [0.25, 0.3) is 28.2 Å². The fraction of sp³-hybridized carbons (Fsp3) is 0.125. The molecule has 0 atom stereocenters. The highest BCUT2D eigenvalue weighted by molar-refractivity contribution is 7.92. The fourth-order valence-corrected chi connectivity index (χ4v) is 4.63. The smallest absolute Gasteiger partial charge is 0.232 e. The second-order valence-electron chi connectivity index (χ2n) is 7.53. The minimum Gasteiger partial charge on any atom is -0.345 e. The number of pyridine rings is 2. The summed E-state index contributed by atoms with van der Waals surface area (Å²) in [6, 6.07) is 7.16. The average molecular weight is 483 g/mol. The van der Waals surface area contributed by atoms with Gasteiger partial charge < -0.3 is 4.98 Å². The molecule has 0 fully saturated rings. The summed E-state index contributed by atoms with van der Waals surface area (Å²) < 4.78 is 55.4. The number of aromatic nitrogens is 3. The van der Waals surface area contributed by atoms with Crippen molar-refractivity contribution >= 4 is 38.6 Å². The maximum absolute atomic E-state index is 15.1.